The summed E-state index contributed by atoms with van der Waals surface area (Å²) in [6, 6.07) is 163. The van der Waals surface area contributed by atoms with Crippen molar-refractivity contribution in [1.82, 2.24) is 18.3 Å². The van der Waals surface area contributed by atoms with Crippen LogP contribution >= 0.6 is 15.9 Å². The number of halogens is 1. The second kappa shape index (κ2) is 33.5. The van der Waals surface area contributed by atoms with Crippen molar-refractivity contribution >= 4 is 190 Å². The van der Waals surface area contributed by atoms with Gasteiger partial charge in [0.1, 0.15) is 32.3 Å². The first-order valence-electron chi connectivity index (χ1n) is 51.3. The fourth-order valence-corrected chi connectivity index (χ4v) is 38.2. The van der Waals surface area contributed by atoms with Crippen LogP contribution in [0.3, 0.4) is 0 Å². The number of fused-ring (bicyclic) bond motifs is 24. The predicted octanol–water partition coefficient (Wildman–Crippen LogP) is 30.1. The number of rotatable bonds is 10. The summed E-state index contributed by atoms with van der Waals surface area (Å²) in [6.45, 7) is 28.6. The highest BCUT2D eigenvalue weighted by Gasteiger charge is 2.53. The third kappa shape index (κ3) is 14.0. The molecule has 0 amide bonds. The number of benzene rings is 20. The maximum absolute atomic E-state index is 6.42. The first-order valence-corrected chi connectivity index (χ1v) is 64.1. The molecule has 4 aromatic heterocycles. The van der Waals surface area contributed by atoms with E-state index in [-0.39, 0.29) is 18.3 Å². The van der Waals surface area contributed by atoms with Crippen LogP contribution in [0.25, 0.3) is 210 Å². The lowest BCUT2D eigenvalue weighted by Gasteiger charge is -2.32. The Morgan fingerprint density at radius 3 is 0.637 bits per heavy atom. The lowest BCUT2D eigenvalue weighted by molar-refractivity contribution is 0.00578. The Bertz CT molecular complexity index is 9320. The van der Waals surface area contributed by atoms with E-state index in [1.165, 1.54) is 256 Å². The van der Waals surface area contributed by atoms with Crippen LogP contribution in [0.5, 0.6) is 0 Å². The summed E-state index contributed by atoms with van der Waals surface area (Å²) < 4.78 is 23.6. The molecule has 12 heteroatoms. The maximum atomic E-state index is 6.42. The van der Waals surface area contributed by atoms with Crippen molar-refractivity contribution in [3.63, 3.8) is 0 Å². The second-order valence-electron chi connectivity index (χ2n) is 43.8. The zero-order valence-electron chi connectivity index (χ0n) is 84.1. The first-order chi connectivity index (χ1) is 70.8. The fraction of sp³-hybridized carbons (Fsp3) is 0.104. The number of nitrogens with zero attached hydrogens (tertiary/aromatic N) is 4. The van der Waals surface area contributed by atoms with E-state index in [0.717, 1.165) is 5.46 Å². The highest BCUT2D eigenvalue weighted by molar-refractivity contribution is 9.10. The Morgan fingerprint density at radius 2 is 0.384 bits per heavy atom. The summed E-state index contributed by atoms with van der Waals surface area (Å²) in [7, 11) is -8.11. The topological polar surface area (TPSA) is 38.2 Å². The highest BCUT2D eigenvalue weighted by atomic mass is 79.9. The van der Waals surface area contributed by atoms with Crippen molar-refractivity contribution < 1.29 is 9.31 Å². The van der Waals surface area contributed by atoms with E-state index in [9.17, 15) is 0 Å². The molecule has 29 rings (SSSR count). The normalized spacial score (nSPS) is 15.1. The SMILES string of the molecule is CC1(C)OB(c2ccc3c(c2)[Si](C)(C)c2cc(-c4ccc5c(c4)c4ccccc4n5-c4ccccc4)ccc2-3)OC1(C)C.C[Si]1(C)c2cc(-c3ccc4c(c3)[Si](C)(C)c3cc(-c5ccc6c(c5)c5ccccc5n6-c5ccccc5)ccc3-4)ccc2-c2ccc(-c3ccc4c(c3)c3ccccc3n4-c3ccccc3)cc21.C[Si]1(C)c2cc(Br)ccc2-c2ccc(-c3ccc4c(c3)c3ccccc3n4-c3ccccc3)cc21. The smallest absolute Gasteiger partial charge is 0.399 e. The predicted molar refractivity (Wildman–Crippen MR) is 636 cm³/mol. The molecule has 20 aromatic carbocycles. The summed E-state index contributed by atoms with van der Waals surface area (Å²) >= 11 is 3.69. The Balaban J connectivity index is 0.000000116. The molecule has 6 nitrogen and oxygen atoms in total. The largest absolute Gasteiger partial charge is 0.494 e. The highest BCUT2D eigenvalue weighted by Crippen LogP contribution is 2.47. The van der Waals surface area contributed by atoms with E-state index in [1.807, 2.05) is 0 Å². The van der Waals surface area contributed by atoms with Crippen molar-refractivity contribution in [3.05, 3.63) is 441 Å². The first kappa shape index (κ1) is 89.8. The molecule has 1 saturated heterocycles. The van der Waals surface area contributed by atoms with Crippen LogP contribution in [0.1, 0.15) is 27.7 Å². The molecule has 5 aliphatic heterocycles. The Kier molecular flexibility index (Phi) is 20.6. The minimum atomic E-state index is -2.03. The Labute approximate surface area is 865 Å². The van der Waals surface area contributed by atoms with Crippen LogP contribution in [0.15, 0.2) is 441 Å². The van der Waals surface area contributed by atoms with Crippen LogP contribution in [-0.2, 0) is 9.31 Å². The molecule has 146 heavy (non-hydrogen) atoms. The van der Waals surface area contributed by atoms with Gasteiger partial charge < -0.3 is 27.6 Å². The zero-order valence-corrected chi connectivity index (χ0v) is 89.7. The average molecular weight is 2010 g/mol. The minimum Gasteiger partial charge on any atom is -0.399 e. The monoisotopic (exact) mass is 2010 g/mol. The van der Waals surface area contributed by atoms with Gasteiger partial charge in [-0.3, -0.25) is 0 Å². The maximum Gasteiger partial charge on any atom is 0.494 e. The molecule has 0 saturated carbocycles. The van der Waals surface area contributed by atoms with Gasteiger partial charge in [0.2, 0.25) is 0 Å². The fourth-order valence-electron chi connectivity index (χ4n) is 25.2. The van der Waals surface area contributed by atoms with Crippen molar-refractivity contribution in [2.75, 3.05) is 0 Å². The van der Waals surface area contributed by atoms with Crippen molar-refractivity contribution in [2.45, 2.75) is 91.3 Å². The summed E-state index contributed by atoms with van der Waals surface area (Å²) in [6.07, 6.45) is 0. The number of para-hydroxylation sites is 8. The number of hydrogen-bond acceptors (Lipinski definition) is 2. The van der Waals surface area contributed by atoms with Crippen LogP contribution < -0.4 is 47.0 Å². The molecule has 0 radical (unpaired) electrons. The van der Waals surface area contributed by atoms with Gasteiger partial charge in [-0.1, -0.05) is 372 Å². The van der Waals surface area contributed by atoms with Crippen LogP contribution in [0, 0.1) is 0 Å². The lowest BCUT2D eigenvalue weighted by atomic mass is 9.78. The molecule has 5 aliphatic rings. The molecule has 0 aliphatic carbocycles. The van der Waals surface area contributed by atoms with E-state index in [4.69, 9.17) is 9.31 Å². The summed E-state index contributed by atoms with van der Waals surface area (Å²) in [4.78, 5) is 0. The second-order valence-corrected chi connectivity index (χ2v) is 62.1. The average Bonchev–Trinajstić information content (AvgIpc) is 1.56. The molecule has 0 bridgehead atoms. The summed E-state index contributed by atoms with van der Waals surface area (Å²) in [5.74, 6) is 0. The van der Waals surface area contributed by atoms with Gasteiger partial charge in [-0.15, -0.1) is 0 Å². The van der Waals surface area contributed by atoms with E-state index in [1.54, 1.807) is 0 Å². The summed E-state index contributed by atoms with van der Waals surface area (Å²) in [5, 5.41) is 22.5. The molecule has 0 unspecified atom stereocenters. The van der Waals surface area contributed by atoms with Gasteiger partial charge >= 0.3 is 7.12 Å². The standard InChI is InChI=1S/C64H48N2Si2.C38H36BNO2Si.C32H24BrNSi/c1-67(2)61-37-43(41-27-33-59-55(35-41)49-19-11-13-21-57(49)65(59)47-15-7-5-8-16-47)23-29-51(61)53-31-25-45(39-63(53)67)46-26-32-54-52-30-24-44(38-62(52)68(3,4)64(54)40-46)42-28-34-60-56(36-42)50-20-12-14-22-58(50)66(60)48-17-9-6-10-18-48;1-37(2)38(3,4)42-39(41-37)27-18-20-31-30-19-16-26(23-35(30)43(5,6)36(31)24-27)25-17-21-34-32(22-25)29-14-10-11-15-33(29)40(34)28-12-8-7-9-13-28;1-35(2)31-19-22(12-15-26(31)27-16-14-23(33)20-32(27)35)21-13-17-30-28(18-21)25-10-6-7-11-29(25)34(30)24-8-4-3-5-9-24/h5-40H,1-4H3;7-24H,1-6H3;3-20H,1-2H3. The van der Waals surface area contributed by atoms with Gasteiger partial charge in [0, 0.05) is 70.3 Å². The molecule has 702 valence electrons. The molecule has 0 N–H and O–H groups in total. The molecule has 0 atom stereocenters. The summed E-state index contributed by atoms with van der Waals surface area (Å²) in [5.41, 5.74) is 39.1. The molecule has 1 fully saturated rings. The zero-order chi connectivity index (χ0) is 98.9. The van der Waals surface area contributed by atoms with Gasteiger partial charge in [0.05, 0.1) is 55.3 Å². The third-order valence-electron chi connectivity index (χ3n) is 33.6. The molecular formula is C134H108BBrN4O2Si4. The van der Waals surface area contributed by atoms with E-state index < -0.39 is 32.3 Å². The van der Waals surface area contributed by atoms with Crippen LogP contribution in [0.2, 0.25) is 52.4 Å². The van der Waals surface area contributed by atoms with Crippen molar-refractivity contribution in [2.24, 2.45) is 0 Å². The lowest BCUT2D eigenvalue weighted by Crippen LogP contribution is -2.51. The molecule has 9 heterocycles. The number of aromatic nitrogens is 4. The molecule has 24 aromatic rings. The quantitative estimate of drug-likeness (QED) is 0.128. The van der Waals surface area contributed by atoms with Gasteiger partial charge in [0.15, 0.2) is 0 Å². The van der Waals surface area contributed by atoms with Crippen LogP contribution in [0.4, 0.5) is 0 Å². The molecule has 0 spiro atoms. The number of hydrogen-bond donors (Lipinski definition) is 0. The Hall–Kier alpha value is -15.1. The third-order valence-corrected chi connectivity index (χ3v) is 48.2. The minimum absolute atomic E-state index is 0.343. The van der Waals surface area contributed by atoms with Gasteiger partial charge in [-0.2, -0.15) is 0 Å². The van der Waals surface area contributed by atoms with Crippen molar-refractivity contribution in [3.8, 4) is 123 Å². The van der Waals surface area contributed by atoms with E-state index in [0.29, 0.717) is 0 Å². The van der Waals surface area contributed by atoms with Gasteiger partial charge in [-0.05, 0) is 308 Å². The van der Waals surface area contributed by atoms with Crippen LogP contribution in [-0.4, -0.2) is 68.9 Å². The van der Waals surface area contributed by atoms with Gasteiger partial charge in [-0.25, -0.2) is 0 Å². The van der Waals surface area contributed by atoms with Gasteiger partial charge in [0.25, 0.3) is 0 Å². The Morgan fingerprint density at radius 1 is 0.192 bits per heavy atom. The van der Waals surface area contributed by atoms with E-state index in [2.05, 4.69) is 551 Å². The van der Waals surface area contributed by atoms with E-state index >= 15 is 0 Å². The molecular weight excluding hydrogens is 1900 g/mol. The van der Waals surface area contributed by atoms with Crippen molar-refractivity contribution in [1.29, 1.82) is 0 Å².